The summed E-state index contributed by atoms with van der Waals surface area (Å²) in [6.45, 7) is 0. The van der Waals surface area contributed by atoms with Crippen molar-refractivity contribution in [2.45, 2.75) is 24.9 Å². The molecule has 0 radical (unpaired) electrons. The summed E-state index contributed by atoms with van der Waals surface area (Å²) in [7, 11) is 0.0843. The van der Waals surface area contributed by atoms with Gasteiger partial charge in [-0.2, -0.15) is 0 Å². The fourth-order valence-electron chi connectivity index (χ4n) is 3.14. The second-order valence-corrected chi connectivity index (χ2v) is 6.51. The number of hydrogen-bond donors (Lipinski definition) is 0. The van der Waals surface area contributed by atoms with Crippen molar-refractivity contribution < 1.29 is 8.96 Å². The number of fused-ring (bicyclic) bond motifs is 1. The molecule has 2 nitrogen and oxygen atoms in total. The van der Waals surface area contributed by atoms with E-state index in [1.165, 1.54) is 12.1 Å². The third-order valence-corrected chi connectivity index (χ3v) is 4.79. The Bertz CT molecular complexity index is 888. The van der Waals surface area contributed by atoms with E-state index in [0.29, 0.717) is 12.1 Å². The fourth-order valence-corrected chi connectivity index (χ4v) is 3.58. The minimum Gasteiger partial charge on any atom is -0.275 e. The van der Waals surface area contributed by atoms with Crippen molar-refractivity contribution in [1.29, 1.82) is 0 Å². The van der Waals surface area contributed by atoms with Crippen molar-refractivity contribution >= 4 is 19.4 Å². The van der Waals surface area contributed by atoms with E-state index in [-0.39, 0.29) is 14.3 Å². The minimum atomic E-state index is -0.252. The molecule has 1 fully saturated rings. The molecule has 1 saturated carbocycles. The molecule has 1 aliphatic carbocycles. The second kappa shape index (κ2) is 5.82. The average molecular weight is 323 g/mol. The zero-order chi connectivity index (χ0) is 15.8. The molecule has 1 aliphatic rings. The topological polar surface area (TPSA) is 30.0 Å². The van der Waals surface area contributed by atoms with Crippen molar-refractivity contribution in [1.82, 2.24) is 4.98 Å². The Kier molecular flexibility index (Phi) is 3.66. The van der Waals surface area contributed by atoms with Crippen LogP contribution in [0.1, 0.15) is 30.0 Å². The number of rotatable bonds is 4. The van der Waals surface area contributed by atoms with Crippen LogP contribution in [0.15, 0.2) is 48.5 Å². The maximum absolute atomic E-state index is 13.3. The van der Waals surface area contributed by atoms with Crippen LogP contribution >= 0.6 is 8.46 Å². The lowest BCUT2D eigenvalue weighted by Crippen LogP contribution is -2.00. The van der Waals surface area contributed by atoms with Gasteiger partial charge in [0.15, 0.2) is 8.46 Å². The molecule has 0 aliphatic heterocycles. The van der Waals surface area contributed by atoms with Crippen LogP contribution in [0.3, 0.4) is 0 Å². The fraction of sp³-hybridized carbons (Fsp3) is 0.211. The highest BCUT2D eigenvalue weighted by Gasteiger charge is 2.30. The number of benzene rings is 2. The molecule has 23 heavy (non-hydrogen) atoms. The van der Waals surface area contributed by atoms with E-state index < -0.39 is 0 Å². The molecule has 114 valence electrons. The molecule has 0 amide bonds. The normalized spacial score (nSPS) is 14.5. The maximum Gasteiger partial charge on any atom is 0.160 e. The molecule has 0 N–H and O–H groups in total. The summed E-state index contributed by atoms with van der Waals surface area (Å²) in [5.74, 6) is 0.216. The van der Waals surface area contributed by atoms with Gasteiger partial charge in [0.2, 0.25) is 0 Å². The first-order chi connectivity index (χ1) is 11.3. The summed E-state index contributed by atoms with van der Waals surface area (Å²) in [4.78, 5) is 4.84. The van der Waals surface area contributed by atoms with E-state index in [1.807, 2.05) is 24.3 Å². The molecule has 0 spiro atoms. The first kappa shape index (κ1) is 14.5. The summed E-state index contributed by atoms with van der Waals surface area (Å²) < 4.78 is 24.7. The summed E-state index contributed by atoms with van der Waals surface area (Å²) in [6.07, 6.45) is 2.71. The Morgan fingerprint density at radius 1 is 1.09 bits per heavy atom. The number of halogens is 1. The van der Waals surface area contributed by atoms with Crippen molar-refractivity contribution in [2.24, 2.45) is 0 Å². The largest absolute Gasteiger partial charge is 0.275 e. The molecule has 1 heterocycles. The van der Waals surface area contributed by atoms with E-state index in [0.717, 1.165) is 46.1 Å². The minimum absolute atomic E-state index is 0.0843. The van der Waals surface area contributed by atoms with Crippen molar-refractivity contribution in [3.05, 3.63) is 65.6 Å². The van der Waals surface area contributed by atoms with Gasteiger partial charge in [0, 0.05) is 17.0 Å². The number of hydrogen-bond acceptors (Lipinski definition) is 2. The molecular formula is C19H15FNOP. The van der Waals surface area contributed by atoms with Gasteiger partial charge in [0.1, 0.15) is 5.82 Å². The first-order valence-corrected chi connectivity index (χ1v) is 8.74. The third kappa shape index (κ3) is 2.66. The van der Waals surface area contributed by atoms with Crippen molar-refractivity contribution in [2.75, 3.05) is 0 Å². The molecule has 0 atom stereocenters. The SMILES string of the molecule is O=PCc1c(C2CC2)nc2ccccc2c1-c1ccc(F)cc1. The van der Waals surface area contributed by atoms with Gasteiger partial charge >= 0.3 is 0 Å². The first-order valence-electron chi connectivity index (χ1n) is 7.74. The predicted octanol–water partition coefficient (Wildman–Crippen LogP) is 5.71. The lowest BCUT2D eigenvalue weighted by Gasteiger charge is -2.16. The van der Waals surface area contributed by atoms with Crippen molar-refractivity contribution in [3.63, 3.8) is 0 Å². The van der Waals surface area contributed by atoms with Gasteiger partial charge in [-0.25, -0.2) is 4.39 Å². The molecule has 0 bridgehead atoms. The van der Waals surface area contributed by atoms with Gasteiger partial charge in [-0.1, -0.05) is 30.3 Å². The van der Waals surface area contributed by atoms with Crippen LogP contribution < -0.4 is 0 Å². The number of pyridine rings is 1. The number of para-hydroxylation sites is 1. The van der Waals surface area contributed by atoms with Crippen LogP contribution in [0.5, 0.6) is 0 Å². The molecule has 2 aromatic carbocycles. The zero-order valence-corrected chi connectivity index (χ0v) is 13.4. The lowest BCUT2D eigenvalue weighted by atomic mass is 9.93. The van der Waals surface area contributed by atoms with Gasteiger partial charge in [-0.05, 0) is 47.7 Å². The molecule has 4 rings (SSSR count). The van der Waals surface area contributed by atoms with Crippen LogP contribution in [-0.2, 0) is 10.7 Å². The van der Waals surface area contributed by atoms with Crippen LogP contribution in [0.25, 0.3) is 22.0 Å². The van der Waals surface area contributed by atoms with Gasteiger partial charge in [-0.15, -0.1) is 0 Å². The summed E-state index contributed by atoms with van der Waals surface area (Å²) in [6, 6.07) is 14.5. The predicted molar refractivity (Wildman–Crippen MR) is 90.4 cm³/mol. The van der Waals surface area contributed by atoms with Gasteiger partial charge in [-0.3, -0.25) is 9.55 Å². The smallest absolute Gasteiger partial charge is 0.160 e. The monoisotopic (exact) mass is 323 g/mol. The van der Waals surface area contributed by atoms with Gasteiger partial charge in [0.05, 0.1) is 11.7 Å². The Labute approximate surface area is 135 Å². The second-order valence-electron chi connectivity index (χ2n) is 5.94. The van der Waals surface area contributed by atoms with E-state index >= 15 is 0 Å². The standard InChI is InChI=1S/C19H15FNOP/c20-14-9-7-12(8-10-14)18-15-3-1-2-4-17(15)21-19(13-5-6-13)16(18)11-23-22/h1-4,7-10,13H,5-6,11H2. The number of nitrogens with zero attached hydrogens (tertiary/aromatic N) is 1. The van der Waals surface area contributed by atoms with Gasteiger partial charge in [0.25, 0.3) is 0 Å². The molecule has 1 aromatic heterocycles. The highest BCUT2D eigenvalue weighted by molar-refractivity contribution is 7.22. The van der Waals surface area contributed by atoms with E-state index in [1.54, 1.807) is 12.1 Å². The lowest BCUT2D eigenvalue weighted by molar-refractivity contribution is 0.598. The molecule has 3 aromatic rings. The van der Waals surface area contributed by atoms with Crippen LogP contribution in [0.2, 0.25) is 0 Å². The van der Waals surface area contributed by atoms with Gasteiger partial charge < -0.3 is 0 Å². The highest BCUT2D eigenvalue weighted by Crippen LogP contribution is 2.45. The molecule has 0 saturated heterocycles. The maximum atomic E-state index is 13.3. The quantitative estimate of drug-likeness (QED) is 0.576. The summed E-state index contributed by atoms with van der Waals surface area (Å²) in [5.41, 5.74) is 5.03. The summed E-state index contributed by atoms with van der Waals surface area (Å²) >= 11 is 0. The Morgan fingerprint density at radius 2 is 1.83 bits per heavy atom. The highest BCUT2D eigenvalue weighted by atomic mass is 31.1. The molecule has 4 heteroatoms. The third-order valence-electron chi connectivity index (χ3n) is 4.34. The van der Waals surface area contributed by atoms with E-state index in [9.17, 15) is 8.96 Å². The van der Waals surface area contributed by atoms with E-state index in [2.05, 4.69) is 0 Å². The Morgan fingerprint density at radius 3 is 2.52 bits per heavy atom. The van der Waals surface area contributed by atoms with Crippen molar-refractivity contribution in [3.8, 4) is 11.1 Å². The Balaban J connectivity index is 2.06. The zero-order valence-electron chi connectivity index (χ0n) is 12.5. The summed E-state index contributed by atoms with van der Waals surface area (Å²) in [5, 5.41) is 1.03. The van der Waals surface area contributed by atoms with Crippen LogP contribution in [-0.4, -0.2) is 4.98 Å². The Hall–Kier alpha value is -2.12. The van der Waals surface area contributed by atoms with E-state index in [4.69, 9.17) is 4.98 Å². The molecule has 0 unspecified atom stereocenters. The number of aromatic nitrogens is 1. The molecular weight excluding hydrogens is 308 g/mol. The van der Waals surface area contributed by atoms with Crippen LogP contribution in [0, 0.1) is 5.82 Å². The average Bonchev–Trinajstić information content (AvgIpc) is 3.40. The van der Waals surface area contributed by atoms with Crippen LogP contribution in [0.4, 0.5) is 4.39 Å².